The molecule has 32 heavy (non-hydrogen) atoms. The highest BCUT2D eigenvalue weighted by Gasteiger charge is 2.50. The summed E-state index contributed by atoms with van der Waals surface area (Å²) in [5, 5.41) is 0. The van der Waals surface area contributed by atoms with E-state index in [2.05, 4.69) is 0 Å². The largest absolute Gasteiger partial charge is 0.497 e. The number of benzene rings is 3. The van der Waals surface area contributed by atoms with Crippen molar-refractivity contribution in [1.29, 1.82) is 0 Å². The van der Waals surface area contributed by atoms with E-state index in [0.29, 0.717) is 23.6 Å². The molecule has 6 nitrogen and oxygen atoms in total. The first-order valence-electron chi connectivity index (χ1n) is 10.0. The Hall–Kier alpha value is -3.87. The highest BCUT2D eigenvalue weighted by atomic mass is 19.1. The van der Waals surface area contributed by atoms with Gasteiger partial charge in [-0.15, -0.1) is 0 Å². The van der Waals surface area contributed by atoms with Gasteiger partial charge in [-0.05, 0) is 59.7 Å². The summed E-state index contributed by atoms with van der Waals surface area (Å²) in [6.45, 7) is 0.311. The number of β-lactam (4-membered cyclic amide) rings is 1. The Morgan fingerprint density at radius 3 is 2.12 bits per heavy atom. The zero-order chi connectivity index (χ0) is 22.7. The van der Waals surface area contributed by atoms with E-state index in [4.69, 9.17) is 14.2 Å². The summed E-state index contributed by atoms with van der Waals surface area (Å²) in [6.07, 6.45) is -0.729. The minimum atomic E-state index is -0.729. The van der Waals surface area contributed by atoms with E-state index in [-0.39, 0.29) is 17.8 Å². The van der Waals surface area contributed by atoms with Gasteiger partial charge in [0, 0.05) is 6.54 Å². The predicted octanol–water partition coefficient (Wildman–Crippen LogP) is 4.15. The molecule has 0 bridgehead atoms. The Morgan fingerprint density at radius 1 is 0.906 bits per heavy atom. The lowest BCUT2D eigenvalue weighted by Crippen LogP contribution is -2.60. The first-order valence-corrected chi connectivity index (χ1v) is 10.0. The molecule has 1 aliphatic rings. The van der Waals surface area contributed by atoms with Crippen LogP contribution < -0.4 is 9.47 Å². The van der Waals surface area contributed by atoms with E-state index in [1.54, 1.807) is 72.7 Å². The van der Waals surface area contributed by atoms with Gasteiger partial charge < -0.3 is 19.1 Å². The summed E-state index contributed by atoms with van der Waals surface area (Å²) in [7, 11) is 2.90. The van der Waals surface area contributed by atoms with Crippen molar-refractivity contribution in [3.8, 4) is 11.5 Å². The van der Waals surface area contributed by atoms with Gasteiger partial charge in [0.1, 0.15) is 23.4 Å². The lowest BCUT2D eigenvalue weighted by Gasteiger charge is -2.47. The number of ether oxygens (including phenoxy) is 3. The van der Waals surface area contributed by atoms with Crippen LogP contribution >= 0.6 is 0 Å². The number of hydrogen-bond acceptors (Lipinski definition) is 5. The first-order chi connectivity index (χ1) is 15.5. The Morgan fingerprint density at radius 2 is 1.53 bits per heavy atom. The summed E-state index contributed by atoms with van der Waals surface area (Å²) in [5.74, 6) is 0.286. The Kier molecular flexibility index (Phi) is 6.07. The van der Waals surface area contributed by atoms with Gasteiger partial charge in [0.15, 0.2) is 0 Å². The number of carbonyl (C=O) groups excluding carboxylic acids is 2. The Bertz CT molecular complexity index is 1100. The molecule has 1 aliphatic heterocycles. The van der Waals surface area contributed by atoms with E-state index in [9.17, 15) is 14.0 Å². The number of esters is 1. The summed E-state index contributed by atoms with van der Waals surface area (Å²) in [6, 6.07) is 19.5. The molecule has 1 amide bonds. The van der Waals surface area contributed by atoms with Crippen molar-refractivity contribution in [2.45, 2.75) is 18.7 Å². The fourth-order valence-electron chi connectivity index (χ4n) is 3.68. The van der Waals surface area contributed by atoms with Gasteiger partial charge in [-0.1, -0.05) is 24.3 Å². The summed E-state index contributed by atoms with van der Waals surface area (Å²) in [4.78, 5) is 26.4. The molecule has 1 saturated heterocycles. The van der Waals surface area contributed by atoms with Crippen molar-refractivity contribution in [2.75, 3.05) is 14.2 Å². The van der Waals surface area contributed by atoms with Gasteiger partial charge >= 0.3 is 5.97 Å². The zero-order valence-corrected chi connectivity index (χ0v) is 17.7. The second-order valence-electron chi connectivity index (χ2n) is 7.37. The molecule has 0 saturated carbocycles. The highest BCUT2D eigenvalue weighted by Crippen LogP contribution is 2.39. The molecular weight excluding hydrogens is 413 g/mol. The molecule has 2 atom stereocenters. The highest BCUT2D eigenvalue weighted by molar-refractivity contribution is 5.90. The third kappa shape index (κ3) is 4.27. The van der Waals surface area contributed by atoms with Crippen molar-refractivity contribution in [3.63, 3.8) is 0 Å². The minimum Gasteiger partial charge on any atom is -0.497 e. The lowest BCUT2D eigenvalue weighted by atomic mass is 9.89. The molecule has 4 rings (SSSR count). The molecule has 0 N–H and O–H groups in total. The molecule has 0 radical (unpaired) electrons. The Balaban J connectivity index is 1.60. The second kappa shape index (κ2) is 9.09. The SMILES string of the molecule is COC(=O)c1ccc(C2C(Oc3ccc(OC)cc3)C(=O)N2Cc2ccc(F)cc2)cc1. The number of likely N-dealkylation sites (tertiary alicyclic amines) is 1. The normalized spacial score (nSPS) is 17.5. The van der Waals surface area contributed by atoms with Gasteiger partial charge in [0.25, 0.3) is 5.91 Å². The van der Waals surface area contributed by atoms with Crippen LogP contribution in [0, 0.1) is 5.82 Å². The molecule has 0 spiro atoms. The van der Waals surface area contributed by atoms with E-state index in [0.717, 1.165) is 11.1 Å². The fourth-order valence-corrected chi connectivity index (χ4v) is 3.68. The maximum atomic E-state index is 13.3. The predicted molar refractivity (Wildman–Crippen MR) is 115 cm³/mol. The van der Waals surface area contributed by atoms with Crippen molar-refractivity contribution in [1.82, 2.24) is 4.90 Å². The smallest absolute Gasteiger partial charge is 0.337 e. The third-order valence-corrected chi connectivity index (χ3v) is 5.41. The van der Waals surface area contributed by atoms with Crippen LogP contribution in [-0.2, 0) is 16.1 Å². The summed E-state index contributed by atoms with van der Waals surface area (Å²) < 4.78 is 29.2. The molecule has 3 aromatic carbocycles. The van der Waals surface area contributed by atoms with Crippen LogP contribution in [0.3, 0.4) is 0 Å². The van der Waals surface area contributed by atoms with E-state index < -0.39 is 12.1 Å². The fraction of sp³-hybridized carbons (Fsp3) is 0.200. The van der Waals surface area contributed by atoms with Crippen LogP contribution in [0.5, 0.6) is 11.5 Å². The van der Waals surface area contributed by atoms with Crippen molar-refractivity contribution < 1.29 is 28.2 Å². The van der Waals surface area contributed by atoms with Gasteiger partial charge in [-0.3, -0.25) is 4.79 Å². The molecule has 0 aliphatic carbocycles. The number of halogens is 1. The lowest BCUT2D eigenvalue weighted by molar-refractivity contribution is -0.165. The van der Waals surface area contributed by atoms with E-state index >= 15 is 0 Å². The molecule has 2 unspecified atom stereocenters. The van der Waals surface area contributed by atoms with Crippen molar-refractivity contribution >= 4 is 11.9 Å². The number of hydrogen-bond donors (Lipinski definition) is 0. The monoisotopic (exact) mass is 435 g/mol. The standard InChI is InChI=1S/C25H22FNO5/c1-30-20-11-13-21(14-12-20)32-23-22(17-5-7-18(8-6-17)25(29)31-2)27(24(23)28)15-16-3-9-19(26)10-4-16/h3-14,22-23H,15H2,1-2H3. The molecule has 164 valence electrons. The summed E-state index contributed by atoms with van der Waals surface area (Å²) >= 11 is 0. The average Bonchev–Trinajstić information content (AvgIpc) is 2.84. The molecular formula is C25H22FNO5. The number of rotatable bonds is 7. The number of amides is 1. The van der Waals surface area contributed by atoms with Crippen LogP contribution in [0.25, 0.3) is 0 Å². The van der Waals surface area contributed by atoms with Crippen LogP contribution in [0.15, 0.2) is 72.8 Å². The van der Waals surface area contributed by atoms with Crippen LogP contribution in [-0.4, -0.2) is 37.1 Å². The topological polar surface area (TPSA) is 65.1 Å². The maximum Gasteiger partial charge on any atom is 0.337 e. The third-order valence-electron chi connectivity index (χ3n) is 5.41. The zero-order valence-electron chi connectivity index (χ0n) is 17.7. The summed E-state index contributed by atoms with van der Waals surface area (Å²) in [5.41, 5.74) is 2.04. The van der Waals surface area contributed by atoms with Crippen molar-refractivity contribution in [3.05, 3.63) is 95.3 Å². The van der Waals surface area contributed by atoms with Crippen LogP contribution in [0.1, 0.15) is 27.5 Å². The van der Waals surface area contributed by atoms with Crippen LogP contribution in [0.2, 0.25) is 0 Å². The Labute approximate surface area is 185 Å². The molecule has 0 aromatic heterocycles. The number of nitrogens with zero attached hydrogens (tertiary/aromatic N) is 1. The van der Waals surface area contributed by atoms with E-state index in [1.807, 2.05) is 0 Å². The van der Waals surface area contributed by atoms with Gasteiger partial charge in [-0.2, -0.15) is 0 Å². The molecule has 1 fully saturated rings. The maximum absolute atomic E-state index is 13.3. The molecule has 3 aromatic rings. The van der Waals surface area contributed by atoms with Gasteiger partial charge in [0.2, 0.25) is 6.10 Å². The van der Waals surface area contributed by atoms with Gasteiger partial charge in [-0.25, -0.2) is 9.18 Å². The first kappa shape index (κ1) is 21.4. The number of carbonyl (C=O) groups is 2. The minimum absolute atomic E-state index is 0.174. The van der Waals surface area contributed by atoms with Crippen LogP contribution in [0.4, 0.5) is 4.39 Å². The quantitative estimate of drug-likeness (QED) is 0.412. The van der Waals surface area contributed by atoms with E-state index in [1.165, 1.54) is 19.2 Å². The van der Waals surface area contributed by atoms with Crippen molar-refractivity contribution in [2.24, 2.45) is 0 Å². The van der Waals surface area contributed by atoms with Gasteiger partial charge in [0.05, 0.1) is 19.8 Å². The molecule has 1 heterocycles. The number of methoxy groups -OCH3 is 2. The second-order valence-corrected chi connectivity index (χ2v) is 7.37. The average molecular weight is 435 g/mol. The molecule has 7 heteroatoms.